The Morgan fingerprint density at radius 1 is 1.18 bits per heavy atom. The number of ether oxygens (including phenoxy) is 1. The maximum atomic E-state index is 13.4. The lowest BCUT2D eigenvalue weighted by Crippen LogP contribution is -2.29. The molecule has 39 heavy (non-hydrogen) atoms. The molecule has 0 radical (unpaired) electrons. The van der Waals surface area contributed by atoms with Crippen molar-refractivity contribution >= 4 is 54.0 Å². The number of carboxylic acid groups (broad SMARTS) is 1. The van der Waals surface area contributed by atoms with Gasteiger partial charge >= 0.3 is 12.1 Å². The van der Waals surface area contributed by atoms with E-state index in [1.807, 2.05) is 25.1 Å². The molecule has 0 fully saturated rings. The summed E-state index contributed by atoms with van der Waals surface area (Å²) in [5.41, 5.74) is 1.22. The van der Waals surface area contributed by atoms with E-state index in [1.165, 1.54) is 6.07 Å². The molecular weight excluding hydrogens is 597 g/mol. The molecule has 0 aromatic heterocycles. The minimum Gasteiger partial charge on any atom is -0.498 e. The summed E-state index contributed by atoms with van der Waals surface area (Å²) in [5.74, 6) is -0.285. The third-order valence-electron chi connectivity index (χ3n) is 5.91. The lowest BCUT2D eigenvalue weighted by Gasteiger charge is -2.27. The molecule has 3 rings (SSSR count). The third-order valence-corrected chi connectivity index (χ3v) is 6.60. The van der Waals surface area contributed by atoms with Crippen molar-refractivity contribution in [1.82, 2.24) is 4.90 Å². The highest BCUT2D eigenvalue weighted by molar-refractivity contribution is 6.32. The van der Waals surface area contributed by atoms with Crippen LogP contribution < -0.4 is 0 Å². The number of benzene rings is 2. The SMILES string of the molecule is CC(CN(CCCOC1=CC=CC(=CC(=O)O)C1)Cc1cccc(C(F)(F)F)c1Cl)c1cccc(Cl)c1.Cl.Cl. The second-order valence-electron chi connectivity index (χ2n) is 8.90. The minimum absolute atomic E-state index is 0. The smallest absolute Gasteiger partial charge is 0.417 e. The zero-order valence-electron chi connectivity index (χ0n) is 21.1. The first-order valence-electron chi connectivity index (χ1n) is 11.8. The average Bonchev–Trinajstić information content (AvgIpc) is 2.82. The van der Waals surface area contributed by atoms with Crippen molar-refractivity contribution in [3.8, 4) is 0 Å². The quantitative estimate of drug-likeness (QED) is 0.200. The summed E-state index contributed by atoms with van der Waals surface area (Å²) < 4.78 is 46.0. The van der Waals surface area contributed by atoms with Crippen LogP contribution in [0.25, 0.3) is 0 Å². The molecule has 1 N–H and O–H groups in total. The first kappa shape index (κ1) is 34.9. The standard InChI is InChI=1S/C28H28Cl2F3NO3.2ClH/c1-19(21-7-3-9-23(29)16-21)17-34(18-22-8-4-11-25(27(22)30)28(31,32)33)12-5-13-37-24-10-2-6-20(14-24)15-26(35)36;;/h2-4,6-11,15-16,19H,5,12-14,17-18H2,1H3,(H,35,36);2*1H. The first-order chi connectivity index (χ1) is 17.5. The predicted octanol–water partition coefficient (Wildman–Crippen LogP) is 8.72. The van der Waals surface area contributed by atoms with Gasteiger partial charge in [-0.25, -0.2) is 4.79 Å². The van der Waals surface area contributed by atoms with Crippen LogP contribution in [0.3, 0.4) is 0 Å². The van der Waals surface area contributed by atoms with Crippen molar-refractivity contribution in [3.05, 3.63) is 105 Å². The molecule has 0 saturated carbocycles. The maximum Gasteiger partial charge on any atom is 0.417 e. The van der Waals surface area contributed by atoms with Gasteiger partial charge in [0.2, 0.25) is 0 Å². The Hall–Kier alpha value is -2.16. The Bertz CT molecular complexity index is 1200. The molecule has 4 nitrogen and oxygen atoms in total. The molecule has 1 atom stereocenters. The largest absolute Gasteiger partial charge is 0.498 e. The van der Waals surface area contributed by atoms with Crippen molar-refractivity contribution in [2.75, 3.05) is 19.7 Å². The van der Waals surface area contributed by atoms with Gasteiger partial charge in [-0.15, -0.1) is 24.8 Å². The maximum absolute atomic E-state index is 13.4. The molecule has 214 valence electrons. The van der Waals surface area contributed by atoms with Crippen LogP contribution in [0.5, 0.6) is 0 Å². The normalized spacial score (nSPS) is 14.8. The van der Waals surface area contributed by atoms with Crippen LogP contribution in [0.15, 0.2) is 78.1 Å². The highest BCUT2D eigenvalue weighted by Gasteiger charge is 2.34. The molecule has 1 unspecified atom stereocenters. The number of nitrogens with zero attached hydrogens (tertiary/aromatic N) is 1. The van der Waals surface area contributed by atoms with Gasteiger partial charge in [0.1, 0.15) is 5.76 Å². The molecule has 0 amide bonds. The summed E-state index contributed by atoms with van der Waals surface area (Å²) in [4.78, 5) is 13.0. The van der Waals surface area contributed by atoms with Gasteiger partial charge < -0.3 is 9.84 Å². The van der Waals surface area contributed by atoms with Crippen molar-refractivity contribution < 1.29 is 27.8 Å². The zero-order chi connectivity index (χ0) is 27.0. The highest BCUT2D eigenvalue weighted by atomic mass is 35.5. The number of carboxylic acids is 1. The van der Waals surface area contributed by atoms with Gasteiger partial charge in [0.15, 0.2) is 0 Å². The molecule has 0 heterocycles. The molecule has 11 heteroatoms. The molecule has 0 bridgehead atoms. The molecule has 0 spiro atoms. The number of hydrogen-bond donors (Lipinski definition) is 1. The van der Waals surface area contributed by atoms with Gasteiger partial charge in [-0.1, -0.05) is 66.5 Å². The molecule has 0 saturated heterocycles. The van der Waals surface area contributed by atoms with Gasteiger partial charge in [0.25, 0.3) is 0 Å². The topological polar surface area (TPSA) is 49.8 Å². The van der Waals surface area contributed by atoms with Gasteiger partial charge in [-0.2, -0.15) is 13.2 Å². The van der Waals surface area contributed by atoms with Crippen LogP contribution >= 0.6 is 48.0 Å². The average molecular weight is 627 g/mol. The number of rotatable bonds is 11. The van der Waals surface area contributed by atoms with Gasteiger partial charge in [0.05, 0.1) is 17.2 Å². The van der Waals surface area contributed by atoms with E-state index < -0.39 is 17.7 Å². The monoisotopic (exact) mass is 625 g/mol. The Balaban J connectivity index is 0.00000380. The molecule has 1 aliphatic rings. The lowest BCUT2D eigenvalue weighted by atomic mass is 10.00. The zero-order valence-corrected chi connectivity index (χ0v) is 24.2. The fourth-order valence-electron chi connectivity index (χ4n) is 4.15. The van der Waals surface area contributed by atoms with E-state index in [2.05, 4.69) is 4.90 Å². The summed E-state index contributed by atoms with van der Waals surface area (Å²) in [6, 6.07) is 11.5. The fourth-order valence-corrected chi connectivity index (χ4v) is 4.64. The Morgan fingerprint density at radius 2 is 1.90 bits per heavy atom. The Labute approximate surface area is 248 Å². The van der Waals surface area contributed by atoms with Gasteiger partial charge in [0, 0.05) is 37.2 Å². The number of halogens is 7. The van der Waals surface area contributed by atoms with E-state index >= 15 is 0 Å². The number of hydrogen-bond acceptors (Lipinski definition) is 3. The second-order valence-corrected chi connectivity index (χ2v) is 9.71. The second kappa shape index (κ2) is 16.2. The lowest BCUT2D eigenvalue weighted by molar-refractivity contribution is -0.137. The van der Waals surface area contributed by atoms with Crippen LogP contribution in [0.2, 0.25) is 10.0 Å². The van der Waals surface area contributed by atoms with E-state index in [0.717, 1.165) is 17.7 Å². The van der Waals surface area contributed by atoms with Crippen molar-refractivity contribution in [1.29, 1.82) is 0 Å². The third kappa shape index (κ3) is 11.1. The number of alkyl halides is 3. The van der Waals surface area contributed by atoms with E-state index in [1.54, 1.807) is 30.4 Å². The van der Waals surface area contributed by atoms with Crippen molar-refractivity contribution in [2.45, 2.75) is 38.4 Å². The van der Waals surface area contributed by atoms with Crippen LogP contribution in [0, 0.1) is 0 Å². The molecule has 0 aliphatic heterocycles. The first-order valence-corrected chi connectivity index (χ1v) is 12.5. The Kier molecular flexibility index (Phi) is 14.5. The molecule has 2 aromatic carbocycles. The highest BCUT2D eigenvalue weighted by Crippen LogP contribution is 2.36. The van der Waals surface area contributed by atoms with Crippen LogP contribution in [-0.2, 0) is 22.3 Å². The summed E-state index contributed by atoms with van der Waals surface area (Å²) >= 11 is 12.3. The molecule has 1 aliphatic carbocycles. The number of aliphatic carboxylic acids is 1. The summed E-state index contributed by atoms with van der Waals surface area (Å²) in [6.07, 6.45) is 2.86. The number of carbonyl (C=O) groups is 1. The van der Waals surface area contributed by atoms with Crippen molar-refractivity contribution in [2.24, 2.45) is 0 Å². The van der Waals surface area contributed by atoms with Crippen LogP contribution in [0.4, 0.5) is 13.2 Å². The van der Waals surface area contributed by atoms with Gasteiger partial charge in [-0.05, 0) is 53.3 Å². The predicted molar refractivity (Wildman–Crippen MR) is 154 cm³/mol. The summed E-state index contributed by atoms with van der Waals surface area (Å²) in [6.45, 7) is 3.78. The minimum atomic E-state index is -4.53. The van der Waals surface area contributed by atoms with E-state index in [-0.39, 0.29) is 42.3 Å². The molecule has 2 aromatic rings. The van der Waals surface area contributed by atoms with E-state index in [0.29, 0.717) is 54.5 Å². The summed E-state index contributed by atoms with van der Waals surface area (Å²) in [7, 11) is 0. The summed E-state index contributed by atoms with van der Waals surface area (Å²) in [5, 5.41) is 9.28. The fraction of sp³-hybridized carbons (Fsp3) is 0.321. The number of allylic oxidation sites excluding steroid dienone is 4. The van der Waals surface area contributed by atoms with E-state index in [9.17, 15) is 18.0 Å². The van der Waals surface area contributed by atoms with Gasteiger partial charge in [-0.3, -0.25) is 4.90 Å². The Morgan fingerprint density at radius 3 is 2.56 bits per heavy atom. The van der Waals surface area contributed by atoms with Crippen LogP contribution in [0.1, 0.15) is 42.4 Å². The molecular formula is C28H30Cl4F3NO3. The van der Waals surface area contributed by atoms with Crippen molar-refractivity contribution in [3.63, 3.8) is 0 Å². The van der Waals surface area contributed by atoms with Crippen LogP contribution in [-0.4, -0.2) is 35.7 Å². The van der Waals surface area contributed by atoms with E-state index in [4.69, 9.17) is 33.0 Å².